The number of ketones is 1. The van der Waals surface area contributed by atoms with Crippen LogP contribution in [0.1, 0.15) is 34.8 Å². The van der Waals surface area contributed by atoms with Crippen molar-refractivity contribution in [2.75, 3.05) is 26.3 Å². The first-order valence-electron chi connectivity index (χ1n) is 11.5. The fraction of sp³-hybridized carbons (Fsp3) is 0.500. The molecule has 1 fully saturated rings. The first kappa shape index (κ1) is 27.9. The van der Waals surface area contributed by atoms with Crippen molar-refractivity contribution >= 4 is 36.7 Å². The molecule has 200 valence electrons. The maximum Gasteiger partial charge on any atom is 0.526 e. The number of aliphatic hydroxyl groups excluding tert-OH is 1. The Labute approximate surface area is 210 Å². The van der Waals surface area contributed by atoms with E-state index in [-0.39, 0.29) is 37.4 Å². The van der Waals surface area contributed by atoms with E-state index < -0.39 is 79.1 Å². The van der Waals surface area contributed by atoms with E-state index in [0.29, 0.717) is 10.5 Å². The molecule has 0 bridgehead atoms. The highest BCUT2D eigenvalue weighted by atomic mass is 19.1. The van der Waals surface area contributed by atoms with Gasteiger partial charge in [0.1, 0.15) is 29.8 Å². The predicted molar refractivity (Wildman–Crippen MR) is 124 cm³/mol. The minimum atomic E-state index is -1.63. The number of nitrogens with one attached hydrogen (secondary N) is 1. The largest absolute Gasteiger partial charge is 0.535 e. The molecule has 2 aliphatic heterocycles. The number of Topliss-reactive ketones (excluding diaryl/α,β-unsaturated/α-hetero) is 1. The normalized spacial score (nSPS) is 19.2. The molecule has 15 heteroatoms. The molecule has 37 heavy (non-hydrogen) atoms. The monoisotopic (exact) mass is 523 g/mol. The van der Waals surface area contributed by atoms with Crippen molar-refractivity contribution in [1.29, 1.82) is 0 Å². The van der Waals surface area contributed by atoms with Crippen LogP contribution in [0.15, 0.2) is 6.07 Å². The van der Waals surface area contributed by atoms with E-state index in [9.17, 15) is 48.7 Å². The third-order valence-corrected chi connectivity index (χ3v) is 6.34. The Morgan fingerprint density at radius 3 is 2.54 bits per heavy atom. The minimum absolute atomic E-state index is 0.00631. The number of imide groups is 1. The van der Waals surface area contributed by atoms with Crippen LogP contribution in [0.5, 0.6) is 11.5 Å². The summed E-state index contributed by atoms with van der Waals surface area (Å²) in [6.45, 7) is 1.23. The number of carbonyl (C=O) groups excluding carboxylic acids is 4. The number of aliphatic hydroxyl groups is 1. The van der Waals surface area contributed by atoms with Gasteiger partial charge in [-0.1, -0.05) is 0 Å². The molecule has 1 saturated heterocycles. The molecule has 2 aliphatic rings. The molecule has 4 amide bonds. The van der Waals surface area contributed by atoms with Gasteiger partial charge in [-0.2, -0.15) is 0 Å². The Morgan fingerprint density at radius 2 is 1.95 bits per heavy atom. The van der Waals surface area contributed by atoms with Gasteiger partial charge in [-0.15, -0.1) is 0 Å². The summed E-state index contributed by atoms with van der Waals surface area (Å²) >= 11 is 0. The zero-order chi connectivity index (χ0) is 27.6. The molecular formula is C22H27BFN3O10. The van der Waals surface area contributed by atoms with Crippen LogP contribution in [-0.4, -0.2) is 105 Å². The molecule has 0 saturated carbocycles. The topological polar surface area (TPSA) is 194 Å². The number of aromatic hydroxyl groups is 1. The fourth-order valence-electron chi connectivity index (χ4n) is 4.37. The van der Waals surface area contributed by atoms with Gasteiger partial charge < -0.3 is 35.2 Å². The van der Waals surface area contributed by atoms with Crippen molar-refractivity contribution in [3.05, 3.63) is 22.8 Å². The highest BCUT2D eigenvalue weighted by Crippen LogP contribution is 2.41. The molecule has 0 spiro atoms. The summed E-state index contributed by atoms with van der Waals surface area (Å²) in [6, 6.07) is -1.14. The number of rotatable bonds is 8. The molecule has 1 aromatic rings. The third-order valence-electron chi connectivity index (χ3n) is 6.34. The molecule has 13 nitrogen and oxygen atoms in total. The summed E-state index contributed by atoms with van der Waals surface area (Å²) in [6.07, 6.45) is -1.83. The van der Waals surface area contributed by atoms with E-state index in [0.717, 1.165) is 4.90 Å². The van der Waals surface area contributed by atoms with Crippen molar-refractivity contribution in [2.24, 2.45) is 0 Å². The number of piperazine rings is 1. The quantitative estimate of drug-likeness (QED) is 0.214. The van der Waals surface area contributed by atoms with Gasteiger partial charge in [-0.05, 0) is 37.5 Å². The summed E-state index contributed by atoms with van der Waals surface area (Å²) in [5.74, 6) is -6.07. The number of nitrogens with zero attached hydrogens (tertiary/aromatic N) is 2. The highest BCUT2D eigenvalue weighted by Gasteiger charge is 2.42. The number of aryl methyl sites for hydroxylation is 1. The van der Waals surface area contributed by atoms with Crippen LogP contribution >= 0.6 is 0 Å². The van der Waals surface area contributed by atoms with Crippen molar-refractivity contribution in [1.82, 2.24) is 15.1 Å². The minimum Gasteiger partial charge on any atom is -0.535 e. The third kappa shape index (κ3) is 5.67. The van der Waals surface area contributed by atoms with Gasteiger partial charge in [0.2, 0.25) is 0 Å². The SMILES string of the molecule is Cc1cc2c(c(C(=O)O)c1O)OB(O)[C@@H](CC(=O)[C@H](NC(=O)N1CCN(CCF)C(=O)C1=O)[C@@H](C)O)C2. The number of fused-ring (bicyclic) bond motifs is 1. The van der Waals surface area contributed by atoms with Crippen molar-refractivity contribution in [3.8, 4) is 11.5 Å². The van der Waals surface area contributed by atoms with E-state index >= 15 is 0 Å². The van der Waals surface area contributed by atoms with Crippen molar-refractivity contribution in [3.63, 3.8) is 0 Å². The van der Waals surface area contributed by atoms with E-state index in [2.05, 4.69) is 5.32 Å². The molecular weight excluding hydrogens is 496 g/mol. The second-order valence-corrected chi connectivity index (χ2v) is 8.96. The van der Waals surface area contributed by atoms with Crippen LogP contribution in [-0.2, 0) is 20.8 Å². The van der Waals surface area contributed by atoms with Crippen molar-refractivity contribution < 1.29 is 53.4 Å². The lowest BCUT2D eigenvalue weighted by Gasteiger charge is -2.33. The summed E-state index contributed by atoms with van der Waals surface area (Å²) < 4.78 is 17.9. The zero-order valence-corrected chi connectivity index (χ0v) is 20.1. The van der Waals surface area contributed by atoms with E-state index in [1.54, 1.807) is 0 Å². The lowest BCUT2D eigenvalue weighted by molar-refractivity contribution is -0.153. The highest BCUT2D eigenvalue weighted by molar-refractivity contribution is 6.47. The number of hydrogen-bond acceptors (Lipinski definition) is 9. The second kappa shape index (κ2) is 11.1. The summed E-state index contributed by atoms with van der Waals surface area (Å²) in [7, 11) is -1.63. The number of amides is 4. The first-order chi connectivity index (χ1) is 17.4. The van der Waals surface area contributed by atoms with Gasteiger partial charge in [-0.25, -0.2) is 14.0 Å². The maximum atomic E-state index is 13.0. The number of carboxylic acids is 1. The number of hydrogen-bond donors (Lipinski definition) is 5. The number of aromatic carboxylic acids is 1. The first-order valence-corrected chi connectivity index (χ1v) is 11.5. The van der Waals surface area contributed by atoms with Gasteiger partial charge in [0.25, 0.3) is 0 Å². The molecule has 0 unspecified atom stereocenters. The molecule has 0 aromatic heterocycles. The number of carboxylic acid groups (broad SMARTS) is 1. The number of carbonyl (C=O) groups is 5. The number of alkyl halides is 1. The van der Waals surface area contributed by atoms with Crippen LogP contribution in [0, 0.1) is 6.92 Å². The standard InChI is InChI=1S/C22H27BFN3O10/c1-10-7-12-8-13(23(36)37-18(12)15(17(10)30)21(33)34)9-14(29)16(11(2)28)25-22(35)27-6-5-26(4-3-24)19(31)20(27)32/h7,11,13,16,28,30,36H,3-6,8-9H2,1-2H3,(H,25,35)(H,33,34)/t11-,13-,16-/m1/s1. The van der Waals surface area contributed by atoms with E-state index in [4.69, 9.17) is 4.65 Å². The Kier molecular flexibility index (Phi) is 8.38. The van der Waals surface area contributed by atoms with Gasteiger partial charge in [0.05, 0.1) is 6.10 Å². The molecule has 1 aromatic carbocycles. The fourth-order valence-corrected chi connectivity index (χ4v) is 4.37. The summed E-state index contributed by atoms with van der Waals surface area (Å²) in [5, 5.41) is 42.3. The number of urea groups is 1. The Morgan fingerprint density at radius 1 is 1.27 bits per heavy atom. The molecule has 3 atom stereocenters. The van der Waals surface area contributed by atoms with Crippen LogP contribution in [0.25, 0.3) is 0 Å². The average Bonchev–Trinajstić information content (AvgIpc) is 2.82. The molecule has 3 rings (SSSR count). The maximum absolute atomic E-state index is 13.0. The number of benzene rings is 1. The van der Waals surface area contributed by atoms with Crippen LogP contribution in [0.4, 0.5) is 9.18 Å². The van der Waals surface area contributed by atoms with Crippen LogP contribution in [0.3, 0.4) is 0 Å². The molecule has 2 heterocycles. The van der Waals surface area contributed by atoms with Crippen LogP contribution < -0.4 is 9.97 Å². The Hall–Kier alpha value is -3.72. The molecule has 0 aliphatic carbocycles. The zero-order valence-electron chi connectivity index (χ0n) is 20.1. The van der Waals surface area contributed by atoms with E-state index in [1.807, 2.05) is 0 Å². The summed E-state index contributed by atoms with van der Waals surface area (Å²) in [4.78, 5) is 63.1. The average molecular weight is 523 g/mol. The number of phenols is 1. The number of halogens is 1. The van der Waals surface area contributed by atoms with Crippen LogP contribution in [0.2, 0.25) is 5.82 Å². The lowest BCUT2D eigenvalue weighted by atomic mass is 9.64. The lowest BCUT2D eigenvalue weighted by Crippen LogP contribution is -2.61. The van der Waals surface area contributed by atoms with Gasteiger partial charge in [0.15, 0.2) is 5.78 Å². The second-order valence-electron chi connectivity index (χ2n) is 8.96. The molecule has 5 N–H and O–H groups in total. The smallest absolute Gasteiger partial charge is 0.526 e. The predicted octanol–water partition coefficient (Wildman–Crippen LogP) is -0.757. The Balaban J connectivity index is 1.72. The van der Waals surface area contributed by atoms with Crippen molar-refractivity contribution in [2.45, 2.75) is 44.7 Å². The Bertz CT molecular complexity index is 1130. The summed E-state index contributed by atoms with van der Waals surface area (Å²) in [5.41, 5.74) is 0.0728. The van der Waals surface area contributed by atoms with Gasteiger partial charge >= 0.3 is 30.9 Å². The van der Waals surface area contributed by atoms with Gasteiger partial charge in [0, 0.05) is 31.9 Å². The van der Waals surface area contributed by atoms with Gasteiger partial charge in [-0.3, -0.25) is 19.3 Å². The van der Waals surface area contributed by atoms with E-state index in [1.165, 1.54) is 19.9 Å². The molecule has 0 radical (unpaired) electrons.